The van der Waals surface area contributed by atoms with Gasteiger partial charge in [-0.3, -0.25) is 4.79 Å². The fourth-order valence-electron chi connectivity index (χ4n) is 2.26. The molecule has 0 saturated carbocycles. The number of anilines is 1. The summed E-state index contributed by atoms with van der Waals surface area (Å²) in [5.74, 6) is 0.311. The van der Waals surface area contributed by atoms with Crippen molar-refractivity contribution in [2.24, 2.45) is 0 Å². The molecule has 1 amide bonds. The number of rotatable bonds is 3. The van der Waals surface area contributed by atoms with Gasteiger partial charge in [0.25, 0.3) is 5.91 Å². The van der Waals surface area contributed by atoms with Gasteiger partial charge in [-0.2, -0.15) is 0 Å². The normalized spacial score (nSPS) is 10.5. The second-order valence-electron chi connectivity index (χ2n) is 5.16. The molecule has 3 aromatic rings. The van der Waals surface area contributed by atoms with E-state index in [0.29, 0.717) is 5.76 Å². The molecule has 0 spiro atoms. The first kappa shape index (κ1) is 14.1. The minimum Gasteiger partial charge on any atom is -0.355 e. The molecule has 0 aliphatic carbocycles. The summed E-state index contributed by atoms with van der Waals surface area (Å²) in [6.45, 7) is 3.93. The highest BCUT2D eigenvalue weighted by Crippen LogP contribution is 2.24. The maximum Gasteiger partial charge on any atom is 0.277 e. The molecule has 1 heterocycles. The lowest BCUT2D eigenvalue weighted by atomic mass is 10.1. The Balaban J connectivity index is 1.84. The highest BCUT2D eigenvalue weighted by molar-refractivity contribution is 6.03. The molecule has 1 aromatic heterocycles. The van der Waals surface area contributed by atoms with Crippen LogP contribution in [0.1, 0.15) is 21.6 Å². The maximum atomic E-state index is 12.3. The molecular weight excluding hydrogens is 276 g/mol. The molecule has 2 aromatic carbocycles. The number of carbonyl (C=O) groups is 1. The van der Waals surface area contributed by atoms with Crippen LogP contribution in [0.4, 0.5) is 5.69 Å². The van der Waals surface area contributed by atoms with Gasteiger partial charge in [-0.1, -0.05) is 47.6 Å². The average molecular weight is 292 g/mol. The quantitative estimate of drug-likeness (QED) is 0.786. The Morgan fingerprint density at radius 2 is 1.68 bits per heavy atom. The van der Waals surface area contributed by atoms with Crippen LogP contribution in [0.15, 0.2) is 59.1 Å². The summed E-state index contributed by atoms with van der Waals surface area (Å²) >= 11 is 0. The van der Waals surface area contributed by atoms with Crippen molar-refractivity contribution in [1.29, 1.82) is 0 Å². The summed E-state index contributed by atoms with van der Waals surface area (Å²) in [4.78, 5) is 12.3. The first-order valence-corrected chi connectivity index (χ1v) is 7.05. The number of aryl methyl sites for hydroxylation is 2. The van der Waals surface area contributed by atoms with Crippen LogP contribution in [-0.4, -0.2) is 11.1 Å². The lowest BCUT2D eigenvalue weighted by Gasteiger charge is -2.05. The summed E-state index contributed by atoms with van der Waals surface area (Å²) in [7, 11) is 0. The summed E-state index contributed by atoms with van der Waals surface area (Å²) in [5.41, 5.74) is 4.04. The Morgan fingerprint density at radius 3 is 2.41 bits per heavy atom. The lowest BCUT2D eigenvalue weighted by molar-refractivity contribution is 0.101. The first-order chi connectivity index (χ1) is 10.6. The van der Waals surface area contributed by atoms with E-state index in [4.69, 9.17) is 4.52 Å². The van der Waals surface area contributed by atoms with E-state index in [2.05, 4.69) is 10.5 Å². The van der Waals surface area contributed by atoms with Gasteiger partial charge in [-0.25, -0.2) is 0 Å². The predicted molar refractivity (Wildman–Crippen MR) is 85.8 cm³/mol. The van der Waals surface area contributed by atoms with Crippen LogP contribution in [-0.2, 0) is 0 Å². The standard InChI is InChI=1S/C18H16N2O2/c1-12-7-3-5-9-14(12)17-11-16(20-22-17)18(21)19-15-10-6-4-8-13(15)2/h3-11H,1-2H3,(H,19,21). The van der Waals surface area contributed by atoms with Gasteiger partial charge in [0.15, 0.2) is 11.5 Å². The minimum atomic E-state index is -0.280. The highest BCUT2D eigenvalue weighted by Gasteiger charge is 2.15. The molecule has 0 unspecified atom stereocenters. The summed E-state index contributed by atoms with van der Waals surface area (Å²) < 4.78 is 5.31. The Morgan fingerprint density at radius 1 is 1.00 bits per heavy atom. The predicted octanol–water partition coefficient (Wildman–Crippen LogP) is 4.21. The second kappa shape index (κ2) is 5.85. The maximum absolute atomic E-state index is 12.3. The molecule has 0 saturated heterocycles. The minimum absolute atomic E-state index is 0.265. The Hall–Kier alpha value is -2.88. The van der Waals surface area contributed by atoms with E-state index >= 15 is 0 Å². The van der Waals surface area contributed by atoms with Crippen LogP contribution in [0.3, 0.4) is 0 Å². The third kappa shape index (κ3) is 2.76. The van der Waals surface area contributed by atoms with Gasteiger partial charge in [0.1, 0.15) is 0 Å². The zero-order chi connectivity index (χ0) is 15.5. The van der Waals surface area contributed by atoms with Crippen molar-refractivity contribution in [3.8, 4) is 11.3 Å². The number of carbonyl (C=O) groups excluding carboxylic acids is 1. The first-order valence-electron chi connectivity index (χ1n) is 7.05. The molecule has 0 aliphatic heterocycles. The van der Waals surface area contributed by atoms with Crippen LogP contribution in [0.5, 0.6) is 0 Å². The van der Waals surface area contributed by atoms with Gasteiger partial charge < -0.3 is 9.84 Å². The molecule has 1 N–H and O–H groups in total. The van der Waals surface area contributed by atoms with Gasteiger partial charge in [0, 0.05) is 17.3 Å². The van der Waals surface area contributed by atoms with Crippen molar-refractivity contribution in [2.45, 2.75) is 13.8 Å². The zero-order valence-corrected chi connectivity index (χ0v) is 12.5. The Kier molecular flexibility index (Phi) is 3.74. The van der Waals surface area contributed by atoms with Gasteiger partial charge in [-0.15, -0.1) is 0 Å². The summed E-state index contributed by atoms with van der Waals surface area (Å²) in [6.07, 6.45) is 0. The number of amides is 1. The number of hydrogen-bond donors (Lipinski definition) is 1. The Bertz CT molecular complexity index is 821. The Labute approximate surface area is 128 Å². The van der Waals surface area contributed by atoms with Crippen LogP contribution in [0, 0.1) is 13.8 Å². The van der Waals surface area contributed by atoms with E-state index in [1.807, 2.05) is 62.4 Å². The molecule has 0 atom stereocenters. The van der Waals surface area contributed by atoms with Gasteiger partial charge in [0.2, 0.25) is 0 Å². The number of nitrogens with zero attached hydrogens (tertiary/aromatic N) is 1. The number of benzene rings is 2. The van der Waals surface area contributed by atoms with E-state index in [1.165, 1.54) is 0 Å². The van der Waals surface area contributed by atoms with Crippen molar-refractivity contribution in [1.82, 2.24) is 5.16 Å². The largest absolute Gasteiger partial charge is 0.355 e. The molecule has 4 heteroatoms. The number of hydrogen-bond acceptors (Lipinski definition) is 3. The molecule has 22 heavy (non-hydrogen) atoms. The van der Waals surface area contributed by atoms with Gasteiger partial charge in [0.05, 0.1) is 0 Å². The SMILES string of the molecule is Cc1ccccc1NC(=O)c1cc(-c2ccccc2C)on1. The van der Waals surface area contributed by atoms with Gasteiger partial charge in [-0.05, 0) is 31.0 Å². The van der Waals surface area contributed by atoms with Crippen LogP contribution < -0.4 is 5.32 Å². The van der Waals surface area contributed by atoms with E-state index in [1.54, 1.807) is 6.07 Å². The summed E-state index contributed by atoms with van der Waals surface area (Å²) in [5, 5.41) is 6.72. The number of para-hydroxylation sites is 1. The molecule has 0 fully saturated rings. The number of aromatic nitrogens is 1. The monoisotopic (exact) mass is 292 g/mol. The molecule has 0 aliphatic rings. The molecule has 110 valence electrons. The fraction of sp³-hybridized carbons (Fsp3) is 0.111. The molecule has 4 nitrogen and oxygen atoms in total. The van der Waals surface area contributed by atoms with Crippen molar-refractivity contribution >= 4 is 11.6 Å². The topological polar surface area (TPSA) is 55.1 Å². The molecule has 3 rings (SSSR count). The summed E-state index contributed by atoms with van der Waals surface area (Å²) in [6, 6.07) is 17.1. The average Bonchev–Trinajstić information content (AvgIpc) is 3.00. The molecule has 0 bridgehead atoms. The van der Waals surface area contributed by atoms with Crippen LogP contribution in [0.2, 0.25) is 0 Å². The molecule has 0 radical (unpaired) electrons. The fourth-order valence-corrected chi connectivity index (χ4v) is 2.26. The third-order valence-electron chi connectivity index (χ3n) is 3.55. The lowest BCUT2D eigenvalue weighted by Crippen LogP contribution is -2.12. The van der Waals surface area contributed by atoms with Gasteiger partial charge >= 0.3 is 0 Å². The van der Waals surface area contributed by atoms with E-state index < -0.39 is 0 Å². The van der Waals surface area contributed by atoms with E-state index in [9.17, 15) is 4.79 Å². The van der Waals surface area contributed by atoms with E-state index in [0.717, 1.165) is 22.4 Å². The zero-order valence-electron chi connectivity index (χ0n) is 12.5. The van der Waals surface area contributed by atoms with Crippen LogP contribution >= 0.6 is 0 Å². The smallest absolute Gasteiger partial charge is 0.277 e. The number of nitrogens with one attached hydrogen (secondary N) is 1. The highest BCUT2D eigenvalue weighted by atomic mass is 16.5. The second-order valence-corrected chi connectivity index (χ2v) is 5.16. The molecular formula is C18H16N2O2. The third-order valence-corrected chi connectivity index (χ3v) is 3.55. The van der Waals surface area contributed by atoms with Crippen molar-refractivity contribution in [3.05, 3.63) is 71.4 Å². The van der Waals surface area contributed by atoms with E-state index in [-0.39, 0.29) is 11.6 Å². The van der Waals surface area contributed by atoms with Crippen LogP contribution in [0.25, 0.3) is 11.3 Å². The van der Waals surface area contributed by atoms with Crippen molar-refractivity contribution < 1.29 is 9.32 Å². The van der Waals surface area contributed by atoms with Crippen molar-refractivity contribution in [3.63, 3.8) is 0 Å². The van der Waals surface area contributed by atoms with Crippen molar-refractivity contribution in [2.75, 3.05) is 5.32 Å².